The van der Waals surface area contributed by atoms with Crippen molar-refractivity contribution < 1.29 is 19.5 Å². The van der Waals surface area contributed by atoms with Crippen LogP contribution in [0.3, 0.4) is 0 Å². The largest absolute Gasteiger partial charge is 0.497 e. The van der Waals surface area contributed by atoms with Gasteiger partial charge in [-0.3, -0.25) is 0 Å². The van der Waals surface area contributed by atoms with Crippen molar-refractivity contribution in [2.24, 2.45) is 0 Å². The van der Waals surface area contributed by atoms with Crippen molar-refractivity contribution in [2.45, 2.75) is 6.10 Å². The van der Waals surface area contributed by atoms with E-state index in [-0.39, 0.29) is 0 Å². The van der Waals surface area contributed by atoms with Crippen molar-refractivity contribution in [3.05, 3.63) is 53.6 Å². The fraction of sp³-hybridized carbons (Fsp3) is 0.400. The first-order valence-electron chi connectivity index (χ1n) is 8.93. The van der Waals surface area contributed by atoms with Gasteiger partial charge >= 0.3 is 0 Å². The van der Waals surface area contributed by atoms with Crippen molar-refractivity contribution >= 4 is 17.3 Å². The molecule has 2 aromatic carbocycles. The number of ether oxygens (including phenoxy) is 2. The number of hydrogen-bond donors (Lipinski definition) is 2. The van der Waals surface area contributed by atoms with Gasteiger partial charge in [0.2, 0.25) is 0 Å². The minimum Gasteiger partial charge on any atom is -0.497 e. The van der Waals surface area contributed by atoms with Gasteiger partial charge in [0.15, 0.2) is 0 Å². The van der Waals surface area contributed by atoms with Crippen LogP contribution in [0.1, 0.15) is 0 Å². The Balaban J connectivity index is 1.40. The quantitative estimate of drug-likeness (QED) is 0.767. The lowest BCUT2D eigenvalue weighted by Gasteiger charge is -2.34. The summed E-state index contributed by atoms with van der Waals surface area (Å²) in [7, 11) is 1.68. The van der Waals surface area contributed by atoms with E-state index in [2.05, 4.69) is 17.0 Å². The highest BCUT2D eigenvalue weighted by atomic mass is 35.5. The molecule has 2 aromatic rings. The van der Waals surface area contributed by atoms with E-state index in [0.29, 0.717) is 18.2 Å². The molecule has 1 aliphatic heterocycles. The number of nitrogens with zero attached hydrogens (tertiary/aromatic N) is 1. The molecule has 1 aliphatic rings. The number of rotatable bonds is 7. The van der Waals surface area contributed by atoms with Gasteiger partial charge in [-0.15, -0.1) is 0 Å². The summed E-state index contributed by atoms with van der Waals surface area (Å²) >= 11 is 5.86. The van der Waals surface area contributed by atoms with Gasteiger partial charge in [0.05, 0.1) is 33.3 Å². The molecular weight excluding hydrogens is 352 g/mol. The van der Waals surface area contributed by atoms with Crippen LogP contribution < -0.4 is 19.3 Å². The molecule has 3 rings (SSSR count). The van der Waals surface area contributed by atoms with Gasteiger partial charge in [-0.05, 0) is 48.5 Å². The SMILES string of the molecule is COc1ccc(N2CC[NH+](CC(O)COc3ccc(Cl)cc3)CC2)cc1. The zero-order chi connectivity index (χ0) is 18.4. The summed E-state index contributed by atoms with van der Waals surface area (Å²) in [5.41, 5.74) is 1.22. The minimum atomic E-state index is -0.479. The summed E-state index contributed by atoms with van der Waals surface area (Å²) in [6.45, 7) is 4.96. The molecule has 140 valence electrons. The lowest BCUT2D eigenvalue weighted by atomic mass is 10.2. The Morgan fingerprint density at radius 2 is 1.65 bits per heavy atom. The summed E-state index contributed by atoms with van der Waals surface area (Å²) in [6, 6.07) is 15.4. The normalized spacial score (nSPS) is 16.3. The lowest BCUT2D eigenvalue weighted by Crippen LogP contribution is -3.16. The van der Waals surface area contributed by atoms with E-state index >= 15 is 0 Å². The van der Waals surface area contributed by atoms with Crippen LogP contribution in [0.15, 0.2) is 48.5 Å². The molecule has 0 saturated carbocycles. The Labute approximate surface area is 159 Å². The molecule has 5 nitrogen and oxygen atoms in total. The van der Waals surface area contributed by atoms with Crippen LogP contribution in [0.25, 0.3) is 0 Å². The molecule has 1 atom stereocenters. The maximum absolute atomic E-state index is 10.3. The third-order valence-electron chi connectivity index (χ3n) is 4.69. The van der Waals surface area contributed by atoms with Gasteiger partial charge < -0.3 is 24.4 Å². The summed E-state index contributed by atoms with van der Waals surface area (Å²) in [4.78, 5) is 3.78. The van der Waals surface area contributed by atoms with Crippen molar-refractivity contribution in [2.75, 3.05) is 51.3 Å². The van der Waals surface area contributed by atoms with Crippen LogP contribution in [0.4, 0.5) is 5.69 Å². The number of quaternary nitrogens is 1. The van der Waals surface area contributed by atoms with Crippen molar-refractivity contribution in [3.63, 3.8) is 0 Å². The summed E-state index contributed by atoms with van der Waals surface area (Å²) in [5, 5.41) is 10.9. The first-order valence-corrected chi connectivity index (χ1v) is 9.31. The smallest absolute Gasteiger partial charge is 0.137 e. The zero-order valence-corrected chi connectivity index (χ0v) is 15.8. The summed E-state index contributed by atoms with van der Waals surface area (Å²) < 4.78 is 10.8. The molecule has 0 spiro atoms. The monoisotopic (exact) mass is 377 g/mol. The highest BCUT2D eigenvalue weighted by molar-refractivity contribution is 6.30. The van der Waals surface area contributed by atoms with E-state index in [4.69, 9.17) is 21.1 Å². The summed E-state index contributed by atoms with van der Waals surface area (Å²) in [5.74, 6) is 1.61. The van der Waals surface area contributed by atoms with Crippen LogP contribution >= 0.6 is 11.6 Å². The average molecular weight is 378 g/mol. The van der Waals surface area contributed by atoms with Crippen molar-refractivity contribution in [1.29, 1.82) is 0 Å². The third-order valence-corrected chi connectivity index (χ3v) is 4.94. The molecule has 0 aromatic heterocycles. The van der Waals surface area contributed by atoms with Crippen molar-refractivity contribution in [3.8, 4) is 11.5 Å². The Morgan fingerprint density at radius 3 is 2.27 bits per heavy atom. The number of methoxy groups -OCH3 is 1. The van der Waals surface area contributed by atoms with Gasteiger partial charge in [-0.1, -0.05) is 11.6 Å². The minimum absolute atomic E-state index is 0.299. The first-order chi connectivity index (χ1) is 12.6. The average Bonchev–Trinajstić information content (AvgIpc) is 2.68. The molecule has 2 N–H and O–H groups in total. The first kappa shape index (κ1) is 18.8. The maximum atomic E-state index is 10.3. The van der Waals surface area contributed by atoms with E-state index in [1.54, 1.807) is 19.2 Å². The predicted octanol–water partition coefficient (Wildman–Crippen LogP) is 1.49. The van der Waals surface area contributed by atoms with Gasteiger partial charge in [0, 0.05) is 10.7 Å². The number of nitrogens with one attached hydrogen (secondary N) is 1. The predicted molar refractivity (Wildman–Crippen MR) is 104 cm³/mol. The van der Waals surface area contributed by atoms with Crippen LogP contribution in [0.2, 0.25) is 5.02 Å². The van der Waals surface area contributed by atoms with Gasteiger partial charge in [-0.2, -0.15) is 0 Å². The van der Waals surface area contributed by atoms with Crippen LogP contribution in [-0.4, -0.2) is 57.7 Å². The van der Waals surface area contributed by atoms with Gasteiger partial charge in [-0.25, -0.2) is 0 Å². The number of anilines is 1. The number of benzene rings is 2. The fourth-order valence-electron chi connectivity index (χ4n) is 3.19. The molecule has 1 heterocycles. The molecule has 0 bridgehead atoms. The van der Waals surface area contributed by atoms with E-state index in [9.17, 15) is 5.11 Å². The Hall–Kier alpha value is -1.95. The third kappa shape index (κ3) is 5.27. The molecule has 0 amide bonds. The number of aliphatic hydroxyl groups excluding tert-OH is 1. The number of halogens is 1. The van der Waals surface area contributed by atoms with Crippen LogP contribution in [-0.2, 0) is 0 Å². The fourth-order valence-corrected chi connectivity index (χ4v) is 3.32. The highest BCUT2D eigenvalue weighted by Crippen LogP contribution is 2.19. The number of hydrogen-bond acceptors (Lipinski definition) is 4. The van der Waals surface area contributed by atoms with Gasteiger partial charge in [0.1, 0.15) is 30.8 Å². The number of piperazine rings is 1. The van der Waals surface area contributed by atoms with Crippen LogP contribution in [0.5, 0.6) is 11.5 Å². The van der Waals surface area contributed by atoms with Crippen LogP contribution in [0, 0.1) is 0 Å². The zero-order valence-electron chi connectivity index (χ0n) is 15.0. The lowest BCUT2D eigenvalue weighted by molar-refractivity contribution is -0.903. The molecule has 1 saturated heterocycles. The summed E-state index contributed by atoms with van der Waals surface area (Å²) in [6.07, 6.45) is -0.479. The highest BCUT2D eigenvalue weighted by Gasteiger charge is 2.22. The molecular formula is C20H26ClN2O3+. The Kier molecular flexibility index (Phi) is 6.61. The molecule has 26 heavy (non-hydrogen) atoms. The van der Waals surface area contributed by atoms with E-state index in [1.165, 1.54) is 10.6 Å². The standard InChI is InChI=1S/C20H25ClN2O3/c1-25-19-8-4-17(5-9-19)23-12-10-22(11-13-23)14-18(24)15-26-20-6-2-16(21)3-7-20/h2-9,18,24H,10-15H2,1H3/p+1. The molecule has 1 fully saturated rings. The second kappa shape index (κ2) is 9.12. The van der Waals surface area contributed by atoms with E-state index in [1.807, 2.05) is 24.3 Å². The maximum Gasteiger partial charge on any atom is 0.137 e. The molecule has 6 heteroatoms. The second-order valence-electron chi connectivity index (χ2n) is 6.56. The van der Waals surface area contributed by atoms with E-state index < -0.39 is 6.10 Å². The molecule has 0 aliphatic carbocycles. The number of aliphatic hydroxyl groups is 1. The molecule has 0 radical (unpaired) electrons. The topological polar surface area (TPSA) is 46.4 Å². The van der Waals surface area contributed by atoms with Gasteiger partial charge in [0.25, 0.3) is 0 Å². The Morgan fingerprint density at radius 1 is 1.04 bits per heavy atom. The van der Waals surface area contributed by atoms with Crippen molar-refractivity contribution in [1.82, 2.24) is 0 Å². The van der Waals surface area contributed by atoms with E-state index in [0.717, 1.165) is 37.7 Å². The molecule has 1 unspecified atom stereocenters. The Bertz CT molecular complexity index is 670. The second-order valence-corrected chi connectivity index (χ2v) is 6.99.